The number of carbonyl (C=O) groups excluding carboxylic acids is 2. The van der Waals surface area contributed by atoms with Crippen molar-refractivity contribution in [3.63, 3.8) is 0 Å². The van der Waals surface area contributed by atoms with Gasteiger partial charge in [0.2, 0.25) is 0 Å². The Labute approximate surface area is 294 Å². The lowest BCUT2D eigenvalue weighted by atomic mass is 9.69. The monoisotopic (exact) mass is 756 g/mol. The van der Waals surface area contributed by atoms with Crippen molar-refractivity contribution in [3.05, 3.63) is 71.3 Å². The number of nitrogens with zero attached hydrogens (tertiary/aromatic N) is 5. The van der Waals surface area contributed by atoms with E-state index >= 15 is 0 Å². The van der Waals surface area contributed by atoms with Gasteiger partial charge in [-0.1, -0.05) is 112 Å². The second-order valence-electron chi connectivity index (χ2n) is 15.3. The molecule has 11 heteroatoms. The van der Waals surface area contributed by atoms with Crippen LogP contribution in [-0.4, -0.2) is 50.8 Å². The lowest BCUT2D eigenvalue weighted by Gasteiger charge is -2.47. The van der Waals surface area contributed by atoms with Gasteiger partial charge in [0.15, 0.2) is 5.84 Å². The molecule has 2 atom stereocenters. The first-order chi connectivity index (χ1) is 22.1. The molecule has 4 rings (SSSR count). The molecule has 1 saturated carbocycles. The van der Waals surface area contributed by atoms with Crippen LogP contribution in [0.15, 0.2) is 69.9 Å². The third kappa shape index (κ3) is 9.52. The number of hydrogen-bond acceptors (Lipinski definition) is 7. The van der Waals surface area contributed by atoms with Crippen molar-refractivity contribution in [2.24, 2.45) is 37.9 Å². The molecule has 256 valence electrons. The molecule has 1 aliphatic carbocycles. The zero-order valence-electron chi connectivity index (χ0n) is 29.1. The molecule has 1 unspecified atom stereocenters. The number of amides is 2. The first-order valence-electron chi connectivity index (χ1n) is 16.7. The number of rotatable bonds is 11. The summed E-state index contributed by atoms with van der Waals surface area (Å²) in [6, 6.07) is 17.8. The van der Waals surface area contributed by atoms with Gasteiger partial charge in [0, 0.05) is 19.2 Å². The summed E-state index contributed by atoms with van der Waals surface area (Å²) in [4.78, 5) is 37.2. The average Bonchev–Trinajstić information content (AvgIpc) is 3.30. The number of hydrazine groups is 1. The summed E-state index contributed by atoms with van der Waals surface area (Å²) in [6.07, 6.45) is 5.46. The smallest absolute Gasteiger partial charge is 0.291 e. The molecule has 0 saturated heterocycles. The molecular formula is C36H53IN8O2. The van der Waals surface area contributed by atoms with Crippen LogP contribution in [0.4, 0.5) is 0 Å². The minimum Gasteiger partial charge on any atom is -0.351 e. The molecule has 1 aliphatic heterocycles. The van der Waals surface area contributed by atoms with Crippen LogP contribution in [-0.2, 0) is 11.3 Å². The molecule has 2 aromatic carbocycles. The average molecular weight is 757 g/mol. The lowest BCUT2D eigenvalue weighted by molar-refractivity contribution is -0.134. The van der Waals surface area contributed by atoms with E-state index in [-0.39, 0.29) is 32.7 Å². The van der Waals surface area contributed by atoms with E-state index in [2.05, 4.69) is 102 Å². The van der Waals surface area contributed by atoms with Crippen LogP contribution < -0.4 is 16.7 Å². The molecule has 1 heterocycles. The van der Waals surface area contributed by atoms with E-state index < -0.39 is 5.66 Å². The first kappa shape index (κ1) is 36.8. The Hall–Kier alpha value is -3.06. The molecule has 2 amide bonds. The molecule has 0 aromatic heterocycles. The molecule has 47 heavy (non-hydrogen) atoms. The van der Waals surface area contributed by atoms with Crippen LogP contribution in [0.2, 0.25) is 0 Å². The fourth-order valence-electron chi connectivity index (χ4n) is 6.79. The highest BCUT2D eigenvalue weighted by Crippen LogP contribution is 2.50. The first-order valence-corrected chi connectivity index (χ1v) is 17.9. The molecule has 1 fully saturated rings. The van der Waals surface area contributed by atoms with E-state index in [0.29, 0.717) is 30.4 Å². The van der Waals surface area contributed by atoms with Crippen LogP contribution >= 0.6 is 22.6 Å². The van der Waals surface area contributed by atoms with Crippen molar-refractivity contribution < 1.29 is 9.59 Å². The van der Waals surface area contributed by atoms with Crippen molar-refractivity contribution in [1.29, 1.82) is 0 Å². The number of nitrogens with one attached hydrogen (secondary N) is 2. The lowest BCUT2D eigenvalue weighted by Crippen LogP contribution is -2.52. The van der Waals surface area contributed by atoms with Gasteiger partial charge >= 0.3 is 0 Å². The second kappa shape index (κ2) is 15.4. The Kier molecular flexibility index (Phi) is 12.1. The zero-order chi connectivity index (χ0) is 34.4. The zero-order valence-corrected chi connectivity index (χ0v) is 31.3. The van der Waals surface area contributed by atoms with Crippen LogP contribution in [0.3, 0.4) is 0 Å². The Bertz CT molecular complexity index is 1410. The van der Waals surface area contributed by atoms with Crippen LogP contribution in [0.5, 0.6) is 0 Å². The highest BCUT2D eigenvalue weighted by Gasteiger charge is 2.53. The fraction of sp³-hybridized carbons (Fsp3) is 0.583. The third-order valence-corrected chi connectivity index (χ3v) is 10.2. The van der Waals surface area contributed by atoms with Crippen LogP contribution in [0.1, 0.15) is 108 Å². The molecule has 2 aromatic rings. The fourth-order valence-corrected chi connectivity index (χ4v) is 7.14. The number of hydrogen-bond donors (Lipinski definition) is 3. The Morgan fingerprint density at radius 3 is 2.30 bits per heavy atom. The molecule has 0 radical (unpaired) electrons. The molecular weight excluding hydrogens is 703 g/mol. The van der Waals surface area contributed by atoms with E-state index in [9.17, 15) is 9.59 Å². The van der Waals surface area contributed by atoms with Crippen molar-refractivity contribution in [1.82, 2.24) is 20.7 Å². The number of carbonyl (C=O) groups is 2. The quantitative estimate of drug-likeness (QED) is 0.0559. The Morgan fingerprint density at radius 2 is 1.72 bits per heavy atom. The van der Waals surface area contributed by atoms with Crippen LogP contribution in [0, 0.1) is 16.7 Å². The maximum absolute atomic E-state index is 14.7. The van der Waals surface area contributed by atoms with E-state index in [1.165, 1.54) is 0 Å². The number of nitrogens with two attached hydrogens (primary N) is 1. The summed E-state index contributed by atoms with van der Waals surface area (Å²) in [6.45, 7) is 14.6. The number of likely N-dealkylation sites (N-methyl/N-ethyl adjacent to an activating group) is 1. The number of benzene rings is 2. The van der Waals surface area contributed by atoms with Crippen molar-refractivity contribution >= 4 is 40.2 Å². The standard InChI is InChI=1S/C36H53IN8O2/c1-34(2,3)20-19-29(26-13-15-27(16-14-26)32(46)39-23-30(37)41-43-42-38)45-33(47)31(44(7)24-25-11-9-8-10-12-25)40-36(45)21-17-28(18-22-36)35(4,5)6/h8-16,28-30H,17-24H2,1-7H3,(H2,38,43)(H,39,46)(H,41,42)/t28?,29-,30?,36?/m1/s1. The predicted octanol–water partition coefficient (Wildman–Crippen LogP) is 7.18. The Balaban J connectivity index is 1.67. The molecule has 10 nitrogen and oxygen atoms in total. The minimum absolute atomic E-state index is 0.00686. The minimum atomic E-state index is -0.597. The number of alkyl halides is 1. The topological polar surface area (TPSA) is 128 Å². The van der Waals surface area contributed by atoms with Gasteiger partial charge in [-0.2, -0.15) is 5.11 Å². The summed E-state index contributed by atoms with van der Waals surface area (Å²) in [5, 5.41) is 10.4. The molecule has 0 bridgehead atoms. The van der Waals surface area contributed by atoms with Crippen molar-refractivity contribution in [2.75, 3.05) is 13.6 Å². The molecule has 4 N–H and O–H groups in total. The normalized spacial score (nSPS) is 21.6. The van der Waals surface area contributed by atoms with Gasteiger partial charge in [-0.25, -0.2) is 16.4 Å². The van der Waals surface area contributed by atoms with Gasteiger partial charge in [0.05, 0.1) is 12.6 Å². The van der Waals surface area contributed by atoms with Gasteiger partial charge in [-0.3, -0.25) is 9.59 Å². The largest absolute Gasteiger partial charge is 0.351 e. The van der Waals surface area contributed by atoms with Crippen molar-refractivity contribution in [3.8, 4) is 0 Å². The van der Waals surface area contributed by atoms with Gasteiger partial charge in [-0.15, -0.1) is 0 Å². The van der Waals surface area contributed by atoms with E-state index in [1.807, 2.05) is 54.4 Å². The summed E-state index contributed by atoms with van der Waals surface area (Å²) in [5.74, 6) is 6.06. The van der Waals surface area contributed by atoms with Crippen molar-refractivity contribution in [2.45, 2.75) is 102 Å². The molecule has 2 aliphatic rings. The summed E-state index contributed by atoms with van der Waals surface area (Å²) in [5.41, 5.74) is 4.53. The SMILES string of the molecule is CN(Cc1ccccc1)C1=NC2(CCC(C(C)(C)C)CC2)N([C@H](CCC(C)(C)C)c2ccc(C(=O)NCC(I)/N=N\NN)cc2)C1=O. The maximum atomic E-state index is 14.7. The number of aliphatic imine (C=N–C) groups is 1. The van der Waals surface area contributed by atoms with Crippen LogP contribution in [0.25, 0.3) is 0 Å². The Morgan fingerprint density at radius 1 is 1.09 bits per heavy atom. The van der Waals surface area contributed by atoms with Gasteiger partial charge in [0.25, 0.3) is 11.8 Å². The van der Waals surface area contributed by atoms with Gasteiger partial charge < -0.3 is 15.1 Å². The summed E-state index contributed by atoms with van der Waals surface area (Å²) >= 11 is 2.08. The highest BCUT2D eigenvalue weighted by molar-refractivity contribution is 14.1. The predicted molar refractivity (Wildman–Crippen MR) is 197 cm³/mol. The number of amidine groups is 1. The second-order valence-corrected chi connectivity index (χ2v) is 16.7. The van der Waals surface area contributed by atoms with Gasteiger partial charge in [-0.05, 0) is 78.5 Å². The molecule has 1 spiro atoms. The van der Waals surface area contributed by atoms with E-state index in [1.54, 1.807) is 0 Å². The van der Waals surface area contributed by atoms with E-state index in [0.717, 1.165) is 49.7 Å². The van der Waals surface area contributed by atoms with Gasteiger partial charge in [0.1, 0.15) is 9.71 Å². The number of halogens is 1. The summed E-state index contributed by atoms with van der Waals surface area (Å²) in [7, 11) is 1.98. The summed E-state index contributed by atoms with van der Waals surface area (Å²) < 4.78 is -0.256. The van der Waals surface area contributed by atoms with E-state index in [4.69, 9.17) is 10.8 Å². The third-order valence-electron chi connectivity index (χ3n) is 9.52. The maximum Gasteiger partial charge on any atom is 0.291 e. The highest BCUT2D eigenvalue weighted by atomic mass is 127.